The number of methoxy groups -OCH3 is 2. The lowest BCUT2D eigenvalue weighted by molar-refractivity contribution is -0.340. The molecule has 14 nitrogen and oxygen atoms in total. The number of carbonyl (C=O) groups is 1. The molecule has 0 saturated carbocycles. The second-order valence-corrected chi connectivity index (χ2v) is 19.2. The van der Waals surface area contributed by atoms with E-state index in [9.17, 15) is 20.1 Å². The predicted octanol–water partition coefficient (Wildman–Crippen LogP) is 5.21. The van der Waals surface area contributed by atoms with Crippen LogP contribution in [0.2, 0.25) is 0 Å². The van der Waals surface area contributed by atoms with Crippen molar-refractivity contribution >= 4 is 5.97 Å². The maximum absolute atomic E-state index is 14.3. The van der Waals surface area contributed by atoms with Crippen molar-refractivity contribution in [3.05, 3.63) is 47.1 Å². The number of esters is 1. The molecular formula is C47H72O14. The topological polar surface area (TPSA) is 170 Å². The van der Waals surface area contributed by atoms with Crippen LogP contribution < -0.4 is 0 Å². The second kappa shape index (κ2) is 19.2. The van der Waals surface area contributed by atoms with E-state index in [2.05, 4.69) is 40.7 Å². The van der Waals surface area contributed by atoms with Crippen LogP contribution in [0, 0.1) is 23.7 Å². The fourth-order valence-electron chi connectivity index (χ4n) is 10.8. The normalized spacial score (nSPS) is 49.6. The summed E-state index contributed by atoms with van der Waals surface area (Å²) in [6, 6.07) is 0. The molecule has 0 aromatic heterocycles. The zero-order valence-corrected chi connectivity index (χ0v) is 37.8. The summed E-state index contributed by atoms with van der Waals surface area (Å²) in [5, 5.41) is 34.2. The summed E-state index contributed by atoms with van der Waals surface area (Å²) < 4.78 is 63.7. The molecule has 0 radical (unpaired) electrons. The van der Waals surface area contributed by atoms with Gasteiger partial charge in [-0.1, -0.05) is 58.1 Å². The summed E-state index contributed by atoms with van der Waals surface area (Å²) in [6.45, 7) is 16.2. The average molecular weight is 861 g/mol. The molecule has 7 rings (SSSR count). The summed E-state index contributed by atoms with van der Waals surface area (Å²) >= 11 is 0. The van der Waals surface area contributed by atoms with Crippen LogP contribution in [0.25, 0.3) is 0 Å². The Hall–Kier alpha value is -2.05. The van der Waals surface area contributed by atoms with Gasteiger partial charge in [0.15, 0.2) is 18.4 Å². The molecule has 0 aromatic rings. The molecular weight excluding hydrogens is 789 g/mol. The maximum Gasteiger partial charge on any atom is 0.316 e. The van der Waals surface area contributed by atoms with Gasteiger partial charge in [-0.3, -0.25) is 4.79 Å². The second-order valence-electron chi connectivity index (χ2n) is 19.2. The van der Waals surface area contributed by atoms with Gasteiger partial charge in [-0.2, -0.15) is 0 Å². The van der Waals surface area contributed by atoms with Crippen molar-refractivity contribution in [1.82, 2.24) is 0 Å². The highest BCUT2D eigenvalue weighted by Gasteiger charge is 2.60. The highest BCUT2D eigenvalue weighted by molar-refractivity contribution is 5.78. The number of ether oxygens (including phenoxy) is 10. The van der Waals surface area contributed by atoms with Crippen molar-refractivity contribution in [2.24, 2.45) is 23.7 Å². The number of aliphatic hydroxyl groups is 3. The fourth-order valence-corrected chi connectivity index (χ4v) is 10.8. The maximum atomic E-state index is 14.3. The van der Waals surface area contributed by atoms with Gasteiger partial charge in [-0.15, -0.1) is 0 Å². The van der Waals surface area contributed by atoms with E-state index in [1.54, 1.807) is 40.2 Å². The molecule has 3 N–H and O–H groups in total. The molecule has 6 aliphatic heterocycles. The molecule has 1 spiro atoms. The Balaban J connectivity index is 1.17. The van der Waals surface area contributed by atoms with Gasteiger partial charge in [0.1, 0.15) is 42.0 Å². The van der Waals surface area contributed by atoms with E-state index in [0.717, 1.165) is 12.0 Å². The minimum absolute atomic E-state index is 0.0210. The summed E-state index contributed by atoms with van der Waals surface area (Å²) in [7, 11) is 3.22. The summed E-state index contributed by atoms with van der Waals surface area (Å²) in [4.78, 5) is 14.3. The SMILES string of the molecule is COC1CC(OC2C(C)OC(OC3/C(C)=C/CC4CC(CC5(CCC(C)C(C(C)C)O5)O4)OC(=O)C4C=C(C)C(O)C5OC/C(=C\C=C\C3C)C45O)CC2OC)OC(C)C1O. The number of carbonyl (C=O) groups excluding carboxylic acids is 1. The van der Waals surface area contributed by atoms with Crippen LogP contribution >= 0.6 is 0 Å². The quantitative estimate of drug-likeness (QED) is 0.225. The summed E-state index contributed by atoms with van der Waals surface area (Å²) in [6.07, 6.45) is 5.52. The average Bonchev–Trinajstić information content (AvgIpc) is 3.56. The first-order valence-corrected chi connectivity index (χ1v) is 22.6. The first-order chi connectivity index (χ1) is 29.0. The van der Waals surface area contributed by atoms with Crippen LogP contribution in [0.5, 0.6) is 0 Å². The molecule has 7 aliphatic rings. The van der Waals surface area contributed by atoms with Crippen LogP contribution in [-0.2, 0) is 52.2 Å². The lowest BCUT2D eigenvalue weighted by Crippen LogP contribution is -2.58. The predicted molar refractivity (Wildman–Crippen MR) is 223 cm³/mol. The Morgan fingerprint density at radius 1 is 0.885 bits per heavy atom. The van der Waals surface area contributed by atoms with Crippen molar-refractivity contribution < 1.29 is 67.5 Å². The Morgan fingerprint density at radius 3 is 2.31 bits per heavy atom. The van der Waals surface area contributed by atoms with Crippen LogP contribution in [0.15, 0.2) is 47.1 Å². The van der Waals surface area contributed by atoms with Gasteiger partial charge in [-0.05, 0) is 69.1 Å². The van der Waals surface area contributed by atoms with E-state index in [1.165, 1.54) is 0 Å². The first kappa shape index (κ1) is 46.9. The molecule has 344 valence electrons. The van der Waals surface area contributed by atoms with Crippen molar-refractivity contribution in [3.63, 3.8) is 0 Å². The molecule has 19 unspecified atom stereocenters. The fraction of sp³-hybridized carbons (Fsp3) is 0.809. The van der Waals surface area contributed by atoms with Crippen LogP contribution in [-0.4, -0.2) is 139 Å². The van der Waals surface area contributed by atoms with Crippen molar-refractivity contribution in [2.45, 2.75) is 198 Å². The van der Waals surface area contributed by atoms with Gasteiger partial charge >= 0.3 is 5.97 Å². The molecule has 0 aromatic carbocycles. The molecule has 2 bridgehead atoms. The number of hydrogen-bond donors (Lipinski definition) is 3. The first-order valence-electron chi connectivity index (χ1n) is 22.6. The third-order valence-electron chi connectivity index (χ3n) is 14.4. The molecule has 14 heteroatoms. The molecule has 5 fully saturated rings. The minimum Gasteiger partial charge on any atom is -0.462 e. The van der Waals surface area contributed by atoms with E-state index in [1.807, 2.05) is 19.1 Å². The van der Waals surface area contributed by atoms with Gasteiger partial charge in [0.25, 0.3) is 0 Å². The van der Waals surface area contributed by atoms with Gasteiger partial charge in [0.2, 0.25) is 0 Å². The van der Waals surface area contributed by atoms with Crippen molar-refractivity contribution in [3.8, 4) is 0 Å². The monoisotopic (exact) mass is 860 g/mol. The Labute approximate surface area is 361 Å². The largest absolute Gasteiger partial charge is 0.462 e. The summed E-state index contributed by atoms with van der Waals surface area (Å²) in [5.74, 6) is -2.15. The third-order valence-corrected chi connectivity index (χ3v) is 14.4. The van der Waals surface area contributed by atoms with Crippen LogP contribution in [0.3, 0.4) is 0 Å². The van der Waals surface area contributed by atoms with E-state index < -0.39 is 90.8 Å². The zero-order valence-electron chi connectivity index (χ0n) is 37.8. The standard InChI is InChI=1S/C47H72O14/c1-24(2)41-27(5)16-17-46(61-41)22-33-19-32(60-46)15-14-26(4)42(25(3)12-11-13-31-23-54-44-39(48)28(6)18-34(45(50)57-33)47(31,44)51)58-38-21-36(53-10)43(30(8)56-38)59-37-20-35(52-9)40(49)29(7)55-37/h11-14,18,24-25,27,29-30,32-44,48-49,51H,15-17,19-23H2,1-10H3/b12-11+,26-14+,31-13+. The van der Waals surface area contributed by atoms with E-state index in [0.29, 0.717) is 55.6 Å². The highest BCUT2D eigenvalue weighted by atomic mass is 16.7. The zero-order chi connectivity index (χ0) is 44.0. The van der Waals surface area contributed by atoms with E-state index in [-0.39, 0.29) is 36.8 Å². The van der Waals surface area contributed by atoms with Crippen LogP contribution in [0.1, 0.15) is 100 Å². The van der Waals surface area contributed by atoms with E-state index >= 15 is 0 Å². The molecule has 6 heterocycles. The van der Waals surface area contributed by atoms with E-state index in [4.69, 9.17) is 47.4 Å². The lowest BCUT2D eigenvalue weighted by atomic mass is 9.71. The number of rotatable bonds is 7. The third kappa shape index (κ3) is 9.67. The number of aliphatic hydroxyl groups excluding tert-OH is 2. The van der Waals surface area contributed by atoms with Gasteiger partial charge in [-0.25, -0.2) is 0 Å². The Morgan fingerprint density at radius 2 is 1.59 bits per heavy atom. The molecule has 19 atom stereocenters. The molecule has 61 heavy (non-hydrogen) atoms. The van der Waals surface area contributed by atoms with Gasteiger partial charge in [0.05, 0.1) is 49.3 Å². The molecule has 1 aliphatic carbocycles. The molecule has 0 amide bonds. The molecule has 5 saturated heterocycles. The Bertz CT molecular complexity index is 1660. The van der Waals surface area contributed by atoms with Gasteiger partial charge in [0, 0.05) is 52.2 Å². The summed E-state index contributed by atoms with van der Waals surface area (Å²) in [5.41, 5.74) is 0.184. The van der Waals surface area contributed by atoms with Crippen molar-refractivity contribution in [1.29, 1.82) is 0 Å². The number of fused-ring (bicyclic) bond motifs is 2. The van der Waals surface area contributed by atoms with Crippen LogP contribution in [0.4, 0.5) is 0 Å². The Kier molecular flexibility index (Phi) is 14.8. The van der Waals surface area contributed by atoms with Gasteiger partial charge < -0.3 is 62.7 Å². The smallest absolute Gasteiger partial charge is 0.316 e. The highest BCUT2D eigenvalue weighted by Crippen LogP contribution is 2.48. The lowest BCUT2D eigenvalue weighted by Gasteiger charge is -2.50. The van der Waals surface area contributed by atoms with Crippen molar-refractivity contribution in [2.75, 3.05) is 20.8 Å². The number of hydrogen-bond acceptors (Lipinski definition) is 14. The number of allylic oxidation sites excluding steroid dienone is 2. The minimum atomic E-state index is -1.82.